The van der Waals surface area contributed by atoms with E-state index in [1.54, 1.807) is 0 Å². The van der Waals surface area contributed by atoms with Crippen LogP contribution >= 0.6 is 11.3 Å². The Kier molecular flexibility index (Phi) is 7.42. The zero-order chi connectivity index (χ0) is 37.4. The summed E-state index contributed by atoms with van der Waals surface area (Å²) in [7, 11) is 0. The molecule has 2 heterocycles. The van der Waals surface area contributed by atoms with Crippen molar-refractivity contribution in [3.8, 4) is 67.3 Å². The van der Waals surface area contributed by atoms with Crippen molar-refractivity contribution >= 4 is 42.3 Å². The van der Waals surface area contributed by atoms with Crippen molar-refractivity contribution in [2.24, 2.45) is 0 Å². The highest BCUT2D eigenvalue weighted by Gasteiger charge is 2.36. The normalized spacial score (nSPS) is 13.0. The van der Waals surface area contributed by atoms with Gasteiger partial charge in [0.1, 0.15) is 0 Å². The molecule has 1 aliphatic carbocycles. The Balaban J connectivity index is 1.15. The average molecular weight is 733 g/mol. The van der Waals surface area contributed by atoms with E-state index in [-0.39, 0.29) is 5.41 Å². The fraction of sp³-hybridized carbons (Fsp3) is 0.0566. The van der Waals surface area contributed by atoms with Crippen LogP contribution in [0.2, 0.25) is 0 Å². The fourth-order valence-electron chi connectivity index (χ4n) is 8.80. The molecule has 0 saturated carbocycles. The maximum Gasteiger partial charge on any atom is 0.160 e. The van der Waals surface area contributed by atoms with Crippen LogP contribution in [0.25, 0.3) is 98.2 Å². The van der Waals surface area contributed by atoms with Gasteiger partial charge in [0.15, 0.2) is 5.82 Å². The Hall–Kier alpha value is -6.68. The molecule has 0 amide bonds. The van der Waals surface area contributed by atoms with Crippen molar-refractivity contribution in [3.05, 3.63) is 193 Å². The number of hydrogen-bond donors (Lipinski definition) is 0. The summed E-state index contributed by atoms with van der Waals surface area (Å²) in [4.78, 5) is 10.7. The predicted molar refractivity (Wildman–Crippen MR) is 237 cm³/mol. The van der Waals surface area contributed by atoms with Gasteiger partial charge in [0.05, 0.1) is 11.4 Å². The zero-order valence-electron chi connectivity index (χ0n) is 31.1. The Morgan fingerprint density at radius 2 is 1.04 bits per heavy atom. The van der Waals surface area contributed by atoms with Crippen molar-refractivity contribution in [1.29, 1.82) is 0 Å². The molecule has 0 spiro atoms. The van der Waals surface area contributed by atoms with Crippen LogP contribution in [0.1, 0.15) is 25.0 Å². The minimum Gasteiger partial charge on any atom is -0.228 e. The standard InChI is InChI=1S/C53H36N2S/c1-53(2)45-20-10-8-18-43(45)51-44(19-12-21-46(51)53)48-32-47(54-52(55-48)34-14-4-3-5-15-34)40-29-38(36-24-23-33-13-6-7-16-35(33)27-36)28-39(30-40)37-25-26-42-41-17-9-11-22-49(41)56-50(42)31-37/h3-32H,1-2H3. The topological polar surface area (TPSA) is 25.8 Å². The number of benzene rings is 8. The molecule has 0 aliphatic heterocycles. The van der Waals surface area contributed by atoms with Gasteiger partial charge in [0.2, 0.25) is 0 Å². The first-order chi connectivity index (χ1) is 27.5. The molecule has 11 rings (SSSR count). The number of hydrogen-bond acceptors (Lipinski definition) is 3. The molecule has 264 valence electrons. The first-order valence-corrected chi connectivity index (χ1v) is 20.0. The van der Waals surface area contributed by atoms with Gasteiger partial charge in [-0.3, -0.25) is 0 Å². The van der Waals surface area contributed by atoms with Crippen LogP contribution in [0.5, 0.6) is 0 Å². The quantitative estimate of drug-likeness (QED) is 0.176. The monoisotopic (exact) mass is 732 g/mol. The van der Waals surface area contributed by atoms with Crippen LogP contribution in [0.15, 0.2) is 182 Å². The predicted octanol–water partition coefficient (Wildman–Crippen LogP) is 14.6. The fourth-order valence-corrected chi connectivity index (χ4v) is 9.95. The molecule has 0 unspecified atom stereocenters. The highest BCUT2D eigenvalue weighted by molar-refractivity contribution is 7.25. The van der Waals surface area contributed by atoms with Crippen molar-refractivity contribution in [1.82, 2.24) is 9.97 Å². The molecule has 1 aliphatic rings. The van der Waals surface area contributed by atoms with Crippen LogP contribution in [0, 0.1) is 0 Å². The van der Waals surface area contributed by atoms with E-state index in [9.17, 15) is 0 Å². The molecular formula is C53H36N2S. The number of nitrogens with zero attached hydrogens (tertiary/aromatic N) is 2. The van der Waals surface area contributed by atoms with Crippen molar-refractivity contribution in [3.63, 3.8) is 0 Å². The van der Waals surface area contributed by atoms with Gasteiger partial charge in [0, 0.05) is 42.3 Å². The van der Waals surface area contributed by atoms with Crippen LogP contribution in [0.3, 0.4) is 0 Å². The van der Waals surface area contributed by atoms with Crippen molar-refractivity contribution in [2.75, 3.05) is 0 Å². The highest BCUT2D eigenvalue weighted by Crippen LogP contribution is 2.52. The third-order valence-electron chi connectivity index (χ3n) is 11.7. The Bertz CT molecular complexity index is 3170. The van der Waals surface area contributed by atoms with E-state index < -0.39 is 0 Å². The Morgan fingerprint density at radius 1 is 0.393 bits per heavy atom. The molecule has 0 atom stereocenters. The van der Waals surface area contributed by atoms with Crippen molar-refractivity contribution in [2.45, 2.75) is 19.3 Å². The molecule has 56 heavy (non-hydrogen) atoms. The lowest BCUT2D eigenvalue weighted by Gasteiger charge is -2.21. The molecule has 0 saturated heterocycles. The third-order valence-corrected chi connectivity index (χ3v) is 12.8. The summed E-state index contributed by atoms with van der Waals surface area (Å²) >= 11 is 1.86. The van der Waals surface area contributed by atoms with E-state index in [0.717, 1.165) is 39.2 Å². The molecule has 2 aromatic heterocycles. The molecular weight excluding hydrogens is 697 g/mol. The lowest BCUT2D eigenvalue weighted by atomic mass is 9.82. The summed E-state index contributed by atoms with van der Waals surface area (Å²) in [5.41, 5.74) is 14.8. The van der Waals surface area contributed by atoms with E-state index in [1.807, 2.05) is 17.4 Å². The smallest absolute Gasteiger partial charge is 0.160 e. The zero-order valence-corrected chi connectivity index (χ0v) is 31.9. The van der Waals surface area contributed by atoms with E-state index >= 15 is 0 Å². The second-order valence-corrected chi connectivity index (χ2v) is 16.5. The summed E-state index contributed by atoms with van der Waals surface area (Å²) in [6.07, 6.45) is 0. The van der Waals surface area contributed by atoms with E-state index in [4.69, 9.17) is 9.97 Å². The first-order valence-electron chi connectivity index (χ1n) is 19.2. The SMILES string of the molecule is CC1(C)c2ccccc2-c2c(-c3cc(-c4cc(-c5ccc6ccccc6c5)cc(-c5ccc6c(c5)sc5ccccc56)c4)nc(-c4ccccc4)n3)cccc21. The Labute approximate surface area is 330 Å². The summed E-state index contributed by atoms with van der Waals surface area (Å²) in [5.74, 6) is 0.714. The van der Waals surface area contributed by atoms with Gasteiger partial charge < -0.3 is 0 Å². The summed E-state index contributed by atoms with van der Waals surface area (Å²) in [6.45, 7) is 4.66. The van der Waals surface area contributed by atoms with Crippen LogP contribution in [-0.4, -0.2) is 9.97 Å². The summed E-state index contributed by atoms with van der Waals surface area (Å²) in [5, 5.41) is 5.06. The number of thiophene rings is 1. The van der Waals surface area contributed by atoms with Crippen LogP contribution in [-0.2, 0) is 5.41 Å². The second kappa shape index (κ2) is 12.7. The largest absolute Gasteiger partial charge is 0.228 e. The molecule has 0 radical (unpaired) electrons. The van der Waals surface area contributed by atoms with Gasteiger partial charge in [-0.1, -0.05) is 153 Å². The van der Waals surface area contributed by atoms with Crippen molar-refractivity contribution < 1.29 is 0 Å². The van der Waals surface area contributed by atoms with Gasteiger partial charge in [-0.05, 0) is 97.7 Å². The lowest BCUT2D eigenvalue weighted by Crippen LogP contribution is -2.14. The van der Waals surface area contributed by atoms with E-state index in [2.05, 4.69) is 190 Å². The number of aromatic nitrogens is 2. The molecule has 0 fully saturated rings. The minimum absolute atomic E-state index is 0.112. The molecule has 8 aromatic carbocycles. The van der Waals surface area contributed by atoms with Crippen LogP contribution in [0.4, 0.5) is 0 Å². The van der Waals surface area contributed by atoms with Gasteiger partial charge in [-0.25, -0.2) is 9.97 Å². The van der Waals surface area contributed by atoms with Gasteiger partial charge in [0.25, 0.3) is 0 Å². The first kappa shape index (κ1) is 32.7. The lowest BCUT2D eigenvalue weighted by molar-refractivity contribution is 0.660. The molecule has 0 N–H and O–H groups in total. The summed E-state index contributed by atoms with van der Waals surface area (Å²) < 4.78 is 2.60. The van der Waals surface area contributed by atoms with Gasteiger partial charge in [-0.15, -0.1) is 11.3 Å². The maximum absolute atomic E-state index is 5.36. The van der Waals surface area contributed by atoms with E-state index in [1.165, 1.54) is 64.3 Å². The summed E-state index contributed by atoms with van der Waals surface area (Å²) in [6, 6.07) is 66.1. The van der Waals surface area contributed by atoms with E-state index in [0.29, 0.717) is 5.82 Å². The molecule has 0 bridgehead atoms. The van der Waals surface area contributed by atoms with Gasteiger partial charge >= 0.3 is 0 Å². The molecule has 10 aromatic rings. The highest BCUT2D eigenvalue weighted by atomic mass is 32.1. The minimum atomic E-state index is -0.112. The molecule has 3 heteroatoms. The average Bonchev–Trinajstić information content (AvgIpc) is 3.75. The number of rotatable bonds is 5. The molecule has 2 nitrogen and oxygen atoms in total. The number of fused-ring (bicyclic) bond motifs is 7. The maximum atomic E-state index is 5.36. The third kappa shape index (κ3) is 5.31. The van der Waals surface area contributed by atoms with Gasteiger partial charge in [-0.2, -0.15) is 0 Å². The van der Waals surface area contributed by atoms with Crippen LogP contribution < -0.4 is 0 Å². The Morgan fingerprint density at radius 3 is 1.91 bits per heavy atom. The second-order valence-electron chi connectivity index (χ2n) is 15.4.